The lowest BCUT2D eigenvalue weighted by molar-refractivity contribution is 0.412. The van der Waals surface area contributed by atoms with Crippen LogP contribution in [-0.2, 0) is 0 Å². The fourth-order valence-electron chi connectivity index (χ4n) is 1.43. The third-order valence-corrected chi connectivity index (χ3v) is 3.95. The first-order valence-electron chi connectivity index (χ1n) is 5.16. The minimum Gasteiger partial charge on any atom is -0.496 e. The molecule has 1 atom stereocenters. The highest BCUT2D eigenvalue weighted by Gasteiger charge is 2.09. The summed E-state index contributed by atoms with van der Waals surface area (Å²) in [6, 6.07) is 6.23. The van der Waals surface area contributed by atoms with Crippen LogP contribution in [0.25, 0.3) is 0 Å². The molecule has 0 heterocycles. The summed E-state index contributed by atoms with van der Waals surface area (Å²) in [5.41, 5.74) is 1.30. The van der Waals surface area contributed by atoms with Gasteiger partial charge in [-0.25, -0.2) is 0 Å². The smallest absolute Gasteiger partial charge is 0.133 e. The molecule has 0 amide bonds. The molecular formula is C12H16Br2O. The van der Waals surface area contributed by atoms with Crippen LogP contribution in [0.4, 0.5) is 0 Å². The molecule has 0 bridgehead atoms. The minimum atomic E-state index is 0.444. The molecule has 84 valence electrons. The molecule has 1 aromatic rings. The first kappa shape index (κ1) is 13.0. The predicted octanol–water partition coefficient (Wildman–Crippen LogP) is 5.08. The van der Waals surface area contributed by atoms with E-state index in [0.29, 0.717) is 4.83 Å². The Hall–Kier alpha value is -0.0200. The molecule has 0 fully saturated rings. The molecule has 1 rings (SSSR count). The van der Waals surface area contributed by atoms with E-state index in [2.05, 4.69) is 50.9 Å². The van der Waals surface area contributed by atoms with Gasteiger partial charge in [-0.05, 0) is 40.0 Å². The first-order chi connectivity index (χ1) is 7.19. The number of methoxy groups -OCH3 is 1. The van der Waals surface area contributed by atoms with Crippen molar-refractivity contribution in [2.45, 2.75) is 31.0 Å². The van der Waals surface area contributed by atoms with Crippen LogP contribution in [0.1, 0.15) is 36.6 Å². The van der Waals surface area contributed by atoms with Crippen molar-refractivity contribution in [3.05, 3.63) is 28.2 Å². The number of unbranched alkanes of at least 4 members (excludes halogenated alkanes) is 1. The molecule has 0 aliphatic rings. The van der Waals surface area contributed by atoms with Crippen molar-refractivity contribution < 1.29 is 4.74 Å². The Balaban J connectivity index is 2.73. The van der Waals surface area contributed by atoms with Gasteiger partial charge in [0.15, 0.2) is 0 Å². The van der Waals surface area contributed by atoms with E-state index in [-0.39, 0.29) is 0 Å². The van der Waals surface area contributed by atoms with Crippen LogP contribution >= 0.6 is 31.9 Å². The van der Waals surface area contributed by atoms with Crippen molar-refractivity contribution in [2.24, 2.45) is 0 Å². The number of ether oxygens (including phenoxy) is 1. The summed E-state index contributed by atoms with van der Waals surface area (Å²) in [7, 11) is 1.68. The fraction of sp³-hybridized carbons (Fsp3) is 0.500. The van der Waals surface area contributed by atoms with E-state index >= 15 is 0 Å². The molecule has 15 heavy (non-hydrogen) atoms. The Morgan fingerprint density at radius 3 is 2.67 bits per heavy atom. The van der Waals surface area contributed by atoms with Crippen molar-refractivity contribution in [3.63, 3.8) is 0 Å². The highest BCUT2D eigenvalue weighted by atomic mass is 79.9. The minimum absolute atomic E-state index is 0.444. The van der Waals surface area contributed by atoms with E-state index < -0.39 is 0 Å². The second-order valence-corrected chi connectivity index (χ2v) is 5.46. The average molecular weight is 336 g/mol. The molecule has 1 unspecified atom stereocenters. The summed E-state index contributed by atoms with van der Waals surface area (Å²) in [6.07, 6.45) is 3.66. The van der Waals surface area contributed by atoms with Crippen molar-refractivity contribution in [3.8, 4) is 5.75 Å². The molecule has 0 aliphatic heterocycles. The van der Waals surface area contributed by atoms with Gasteiger partial charge in [0.1, 0.15) is 5.75 Å². The van der Waals surface area contributed by atoms with Gasteiger partial charge in [-0.1, -0.05) is 41.8 Å². The van der Waals surface area contributed by atoms with E-state index in [1.807, 2.05) is 6.07 Å². The summed E-state index contributed by atoms with van der Waals surface area (Å²) < 4.78 is 6.22. The van der Waals surface area contributed by atoms with Gasteiger partial charge < -0.3 is 4.74 Å². The lowest BCUT2D eigenvalue weighted by Crippen LogP contribution is -1.92. The maximum Gasteiger partial charge on any atom is 0.133 e. The second kappa shape index (κ2) is 6.54. The van der Waals surface area contributed by atoms with Crippen LogP contribution in [-0.4, -0.2) is 7.11 Å². The number of hydrogen-bond donors (Lipinski definition) is 0. The number of alkyl halides is 1. The Bertz CT molecular complexity index is 312. The van der Waals surface area contributed by atoms with Gasteiger partial charge in [0.2, 0.25) is 0 Å². The van der Waals surface area contributed by atoms with Crippen molar-refractivity contribution >= 4 is 31.9 Å². The van der Waals surface area contributed by atoms with Crippen molar-refractivity contribution in [1.82, 2.24) is 0 Å². The molecular weight excluding hydrogens is 320 g/mol. The summed E-state index contributed by atoms with van der Waals surface area (Å²) in [5.74, 6) is 0.883. The number of hydrogen-bond acceptors (Lipinski definition) is 1. The molecule has 0 saturated heterocycles. The van der Waals surface area contributed by atoms with E-state index in [1.165, 1.54) is 24.8 Å². The molecule has 0 saturated carbocycles. The van der Waals surface area contributed by atoms with E-state index in [9.17, 15) is 0 Å². The lowest BCUT2D eigenvalue weighted by atomic mass is 10.1. The Morgan fingerprint density at radius 2 is 2.13 bits per heavy atom. The number of rotatable bonds is 5. The normalized spacial score (nSPS) is 12.5. The van der Waals surface area contributed by atoms with Crippen LogP contribution in [0.2, 0.25) is 0 Å². The van der Waals surface area contributed by atoms with Gasteiger partial charge in [0.05, 0.1) is 11.6 Å². The molecule has 0 radical (unpaired) electrons. The zero-order valence-electron chi connectivity index (χ0n) is 9.09. The van der Waals surface area contributed by atoms with E-state index in [0.717, 1.165) is 10.2 Å². The zero-order chi connectivity index (χ0) is 11.3. The SMILES string of the molecule is CCCCC(Br)c1ccc(OC)c(Br)c1. The Kier molecular flexibility index (Phi) is 5.69. The number of halogens is 2. The van der Waals surface area contributed by atoms with Gasteiger partial charge in [-0.2, -0.15) is 0 Å². The molecule has 0 aliphatic carbocycles. The third-order valence-electron chi connectivity index (χ3n) is 2.35. The monoisotopic (exact) mass is 334 g/mol. The fourth-order valence-corrected chi connectivity index (χ4v) is 2.59. The van der Waals surface area contributed by atoms with Crippen LogP contribution in [0, 0.1) is 0 Å². The summed E-state index contributed by atoms with van der Waals surface area (Å²) >= 11 is 7.20. The quantitative estimate of drug-likeness (QED) is 0.681. The van der Waals surface area contributed by atoms with Gasteiger partial charge in [0, 0.05) is 4.83 Å². The summed E-state index contributed by atoms with van der Waals surface area (Å²) in [5, 5.41) is 0. The topological polar surface area (TPSA) is 9.23 Å². The van der Waals surface area contributed by atoms with Gasteiger partial charge in [-0.15, -0.1) is 0 Å². The van der Waals surface area contributed by atoms with Gasteiger partial charge >= 0.3 is 0 Å². The van der Waals surface area contributed by atoms with Gasteiger partial charge in [0.25, 0.3) is 0 Å². The van der Waals surface area contributed by atoms with Crippen LogP contribution < -0.4 is 4.74 Å². The number of benzene rings is 1. The second-order valence-electron chi connectivity index (χ2n) is 3.50. The van der Waals surface area contributed by atoms with Crippen molar-refractivity contribution in [2.75, 3.05) is 7.11 Å². The molecule has 0 N–H and O–H groups in total. The lowest BCUT2D eigenvalue weighted by Gasteiger charge is -2.11. The Morgan fingerprint density at radius 1 is 1.40 bits per heavy atom. The van der Waals surface area contributed by atoms with Crippen LogP contribution in [0.15, 0.2) is 22.7 Å². The van der Waals surface area contributed by atoms with E-state index in [1.54, 1.807) is 7.11 Å². The zero-order valence-corrected chi connectivity index (χ0v) is 12.3. The molecule has 1 nitrogen and oxygen atoms in total. The average Bonchev–Trinajstić information content (AvgIpc) is 2.25. The highest BCUT2D eigenvalue weighted by Crippen LogP contribution is 2.33. The Labute approximate surface area is 108 Å². The molecule has 3 heteroatoms. The van der Waals surface area contributed by atoms with Gasteiger partial charge in [-0.3, -0.25) is 0 Å². The summed E-state index contributed by atoms with van der Waals surface area (Å²) in [4.78, 5) is 0.444. The standard InChI is InChI=1S/C12H16Br2O/c1-3-4-5-10(13)9-6-7-12(15-2)11(14)8-9/h6-8,10H,3-5H2,1-2H3. The maximum absolute atomic E-state index is 5.20. The molecule has 1 aromatic carbocycles. The predicted molar refractivity (Wildman–Crippen MR) is 71.9 cm³/mol. The first-order valence-corrected chi connectivity index (χ1v) is 6.87. The molecule has 0 spiro atoms. The molecule has 0 aromatic heterocycles. The highest BCUT2D eigenvalue weighted by molar-refractivity contribution is 9.10. The third kappa shape index (κ3) is 3.80. The van der Waals surface area contributed by atoms with E-state index in [4.69, 9.17) is 4.74 Å². The van der Waals surface area contributed by atoms with Crippen LogP contribution in [0.3, 0.4) is 0 Å². The largest absolute Gasteiger partial charge is 0.496 e. The van der Waals surface area contributed by atoms with Crippen molar-refractivity contribution in [1.29, 1.82) is 0 Å². The maximum atomic E-state index is 5.20. The summed E-state index contributed by atoms with van der Waals surface area (Å²) in [6.45, 7) is 2.21. The van der Waals surface area contributed by atoms with Crippen LogP contribution in [0.5, 0.6) is 5.75 Å².